The summed E-state index contributed by atoms with van der Waals surface area (Å²) in [6.45, 7) is 4.93. The van der Waals surface area contributed by atoms with Gasteiger partial charge >= 0.3 is 5.97 Å². The quantitative estimate of drug-likeness (QED) is 0.0320. The number of aliphatic hydroxyl groups is 2. The second kappa shape index (κ2) is 63.9. The predicted molar refractivity (Wildman–Crippen MR) is 324 cm³/mol. The first-order chi connectivity index (χ1) is 36.5. The van der Waals surface area contributed by atoms with Crippen LogP contribution >= 0.6 is 0 Å². The van der Waals surface area contributed by atoms with Gasteiger partial charge < -0.3 is 20.3 Å². The number of ether oxygens (including phenoxy) is 1. The van der Waals surface area contributed by atoms with Crippen LogP contribution in [0.15, 0.2) is 24.3 Å². The lowest BCUT2D eigenvalue weighted by Crippen LogP contribution is -2.45. The highest BCUT2D eigenvalue weighted by molar-refractivity contribution is 5.76. The monoisotopic (exact) mass is 1040 g/mol. The summed E-state index contributed by atoms with van der Waals surface area (Å²) in [6.07, 6.45) is 79.5. The number of esters is 1. The zero-order valence-electron chi connectivity index (χ0n) is 50.1. The minimum Gasteiger partial charge on any atom is -0.466 e. The number of nitrogens with one attached hydrogen (secondary N) is 1. The van der Waals surface area contributed by atoms with Crippen molar-refractivity contribution >= 4 is 11.9 Å². The zero-order valence-corrected chi connectivity index (χ0v) is 50.1. The van der Waals surface area contributed by atoms with Gasteiger partial charge in [-0.2, -0.15) is 0 Å². The number of aliphatic hydroxyl groups excluding tert-OH is 2. The van der Waals surface area contributed by atoms with E-state index in [1.165, 1.54) is 302 Å². The molecule has 0 rings (SSSR count). The molecule has 6 nitrogen and oxygen atoms in total. The van der Waals surface area contributed by atoms with Crippen LogP contribution in [-0.4, -0.2) is 47.4 Å². The highest BCUT2D eigenvalue weighted by Gasteiger charge is 2.18. The summed E-state index contributed by atoms with van der Waals surface area (Å²) >= 11 is 0. The Labute approximate surface area is 462 Å². The lowest BCUT2D eigenvalue weighted by atomic mass is 10.0. The van der Waals surface area contributed by atoms with Crippen LogP contribution in [0.5, 0.6) is 0 Å². The highest BCUT2D eigenvalue weighted by Crippen LogP contribution is 2.18. The number of carbonyl (C=O) groups excluding carboxylic acids is 2. The summed E-state index contributed by atoms with van der Waals surface area (Å²) in [6, 6.07) is -0.632. The van der Waals surface area contributed by atoms with Crippen molar-refractivity contribution in [1.82, 2.24) is 5.32 Å². The van der Waals surface area contributed by atoms with Crippen LogP contribution < -0.4 is 5.32 Å². The van der Waals surface area contributed by atoms with E-state index in [1.807, 2.05) is 6.08 Å². The Morgan fingerprint density at radius 3 is 0.959 bits per heavy atom. The van der Waals surface area contributed by atoms with E-state index in [4.69, 9.17) is 4.74 Å². The normalized spacial score (nSPS) is 12.6. The molecule has 0 heterocycles. The third kappa shape index (κ3) is 59.6. The molecule has 0 saturated carbocycles. The van der Waals surface area contributed by atoms with Crippen LogP contribution in [0, 0.1) is 0 Å². The molecule has 0 aliphatic carbocycles. The molecule has 0 aliphatic rings. The van der Waals surface area contributed by atoms with Gasteiger partial charge in [-0.25, -0.2) is 0 Å². The van der Waals surface area contributed by atoms with Crippen LogP contribution in [0.25, 0.3) is 0 Å². The first-order valence-corrected chi connectivity index (χ1v) is 33.6. The fourth-order valence-corrected chi connectivity index (χ4v) is 10.6. The number of carbonyl (C=O) groups is 2. The summed E-state index contributed by atoms with van der Waals surface area (Å²) in [5, 5.41) is 23.2. The molecule has 0 fully saturated rings. The van der Waals surface area contributed by atoms with Gasteiger partial charge in [0.15, 0.2) is 0 Å². The molecule has 1 amide bonds. The maximum atomic E-state index is 12.5. The largest absolute Gasteiger partial charge is 0.466 e. The molecular weight excluding hydrogens is 911 g/mol. The van der Waals surface area contributed by atoms with Crippen molar-refractivity contribution in [2.75, 3.05) is 13.2 Å². The number of amides is 1. The van der Waals surface area contributed by atoms with Crippen molar-refractivity contribution in [2.24, 2.45) is 0 Å². The Balaban J connectivity index is 3.41. The first-order valence-electron chi connectivity index (χ1n) is 33.6. The summed E-state index contributed by atoms with van der Waals surface area (Å²) in [5.74, 6) is -0.0560. The first kappa shape index (κ1) is 72.3. The highest BCUT2D eigenvalue weighted by atomic mass is 16.5. The summed E-state index contributed by atoms with van der Waals surface area (Å²) in [5.41, 5.74) is 0. The molecule has 0 saturated heterocycles. The smallest absolute Gasteiger partial charge is 0.305 e. The van der Waals surface area contributed by atoms with E-state index in [2.05, 4.69) is 31.3 Å². The molecule has 74 heavy (non-hydrogen) atoms. The molecule has 438 valence electrons. The van der Waals surface area contributed by atoms with Crippen molar-refractivity contribution in [3.05, 3.63) is 24.3 Å². The second-order valence-electron chi connectivity index (χ2n) is 23.2. The van der Waals surface area contributed by atoms with E-state index in [-0.39, 0.29) is 18.5 Å². The average molecular weight is 1040 g/mol. The van der Waals surface area contributed by atoms with E-state index in [9.17, 15) is 19.8 Å². The number of unbranched alkanes of at least 4 members (excludes halogenated alkanes) is 50. The summed E-state index contributed by atoms with van der Waals surface area (Å²) < 4.78 is 5.50. The van der Waals surface area contributed by atoms with Crippen molar-refractivity contribution < 1.29 is 24.5 Å². The molecule has 6 heteroatoms. The molecule has 2 unspecified atom stereocenters. The Morgan fingerprint density at radius 1 is 0.365 bits per heavy atom. The molecule has 0 aromatic carbocycles. The van der Waals surface area contributed by atoms with Crippen LogP contribution in [0.3, 0.4) is 0 Å². The SMILES string of the molecule is CCCCCCCCCCCCCCCCC/C=C/C(O)C(CO)NC(=O)CCCCCCCCC/C=C\CCCCCCCCCCCCCCOC(=O)CCCCCCCCCCCCCCCCCCC. The summed E-state index contributed by atoms with van der Waals surface area (Å²) in [4.78, 5) is 24.6. The second-order valence-corrected chi connectivity index (χ2v) is 23.2. The third-order valence-corrected chi connectivity index (χ3v) is 15.7. The average Bonchev–Trinajstić information content (AvgIpc) is 3.40. The van der Waals surface area contributed by atoms with Crippen molar-refractivity contribution in [2.45, 2.75) is 386 Å². The molecule has 0 spiro atoms. The van der Waals surface area contributed by atoms with Gasteiger partial charge in [-0.05, 0) is 57.8 Å². The molecule has 0 bridgehead atoms. The Kier molecular flexibility index (Phi) is 62.4. The lowest BCUT2D eigenvalue weighted by molar-refractivity contribution is -0.143. The maximum Gasteiger partial charge on any atom is 0.305 e. The van der Waals surface area contributed by atoms with E-state index in [0.717, 1.165) is 44.9 Å². The maximum absolute atomic E-state index is 12.5. The van der Waals surface area contributed by atoms with Gasteiger partial charge in [0.05, 0.1) is 25.4 Å². The number of rotatable bonds is 63. The molecule has 3 N–H and O–H groups in total. The molecule has 2 atom stereocenters. The lowest BCUT2D eigenvalue weighted by Gasteiger charge is -2.20. The molecule has 0 radical (unpaired) electrons. The van der Waals surface area contributed by atoms with E-state index in [0.29, 0.717) is 19.4 Å². The molecular formula is C68H131NO5. The van der Waals surface area contributed by atoms with E-state index < -0.39 is 12.1 Å². The number of hydrogen-bond donors (Lipinski definition) is 3. The van der Waals surface area contributed by atoms with Gasteiger partial charge in [-0.15, -0.1) is 0 Å². The van der Waals surface area contributed by atoms with Gasteiger partial charge in [0, 0.05) is 12.8 Å². The topological polar surface area (TPSA) is 95.9 Å². The van der Waals surface area contributed by atoms with E-state index >= 15 is 0 Å². The fourth-order valence-electron chi connectivity index (χ4n) is 10.6. The number of allylic oxidation sites excluding steroid dienone is 3. The standard InChI is InChI=1S/C68H131NO5/c1-3-5-7-9-11-13-15-17-19-28-32-36-40-44-48-52-56-60-66(71)65(64-70)69-67(72)61-57-53-49-45-41-37-33-30-26-24-22-21-23-25-27-31-35-39-43-47-51-55-59-63-74-68(73)62-58-54-50-46-42-38-34-29-20-18-16-14-12-10-8-6-4-2/h24,26,56,60,65-66,70-71H,3-23,25,27-55,57-59,61-64H2,1-2H3,(H,69,72)/b26-24-,60-56+. The minimum atomic E-state index is -0.848. The van der Waals surface area contributed by atoms with Gasteiger partial charge in [0.2, 0.25) is 5.91 Å². The molecule has 0 aromatic heterocycles. The molecule has 0 aliphatic heterocycles. The Morgan fingerprint density at radius 2 is 0.635 bits per heavy atom. The van der Waals surface area contributed by atoms with Crippen LogP contribution in [0.4, 0.5) is 0 Å². The van der Waals surface area contributed by atoms with Crippen LogP contribution in [-0.2, 0) is 14.3 Å². The molecule has 0 aromatic rings. The van der Waals surface area contributed by atoms with Gasteiger partial charge in [0.1, 0.15) is 0 Å². The van der Waals surface area contributed by atoms with Crippen LogP contribution in [0.1, 0.15) is 373 Å². The minimum absolute atomic E-state index is 0.0155. The number of hydrogen-bond acceptors (Lipinski definition) is 5. The third-order valence-electron chi connectivity index (χ3n) is 15.7. The predicted octanol–water partition coefficient (Wildman–Crippen LogP) is 21.4. The van der Waals surface area contributed by atoms with Gasteiger partial charge in [0.25, 0.3) is 0 Å². The Bertz CT molecular complexity index is 1150. The van der Waals surface area contributed by atoms with Crippen molar-refractivity contribution in [3.63, 3.8) is 0 Å². The van der Waals surface area contributed by atoms with Crippen molar-refractivity contribution in [1.29, 1.82) is 0 Å². The fraction of sp³-hybridized carbons (Fsp3) is 0.912. The zero-order chi connectivity index (χ0) is 53.6. The summed E-state index contributed by atoms with van der Waals surface area (Å²) in [7, 11) is 0. The van der Waals surface area contributed by atoms with Gasteiger partial charge in [-0.1, -0.05) is 327 Å². The van der Waals surface area contributed by atoms with Crippen LogP contribution in [0.2, 0.25) is 0 Å². The van der Waals surface area contributed by atoms with Gasteiger partial charge in [-0.3, -0.25) is 9.59 Å². The Hall–Kier alpha value is -1.66. The van der Waals surface area contributed by atoms with E-state index in [1.54, 1.807) is 6.08 Å². The van der Waals surface area contributed by atoms with Crippen molar-refractivity contribution in [3.8, 4) is 0 Å².